The molecule has 1 aliphatic heterocycles. The number of hydrogen-bond donors (Lipinski definition) is 2. The minimum Gasteiger partial charge on any atom is -0.480 e. The molecule has 1 unspecified atom stereocenters. The number of rotatable bonds is 3. The summed E-state index contributed by atoms with van der Waals surface area (Å²) in [5, 5.41) is 12.2. The van der Waals surface area contributed by atoms with E-state index in [0.29, 0.717) is 13.1 Å². The third kappa shape index (κ3) is 3.70. The van der Waals surface area contributed by atoms with Crippen LogP contribution in [-0.2, 0) is 11.3 Å². The highest BCUT2D eigenvalue weighted by Gasteiger charge is 2.27. The zero-order chi connectivity index (χ0) is 11.4. The third-order valence-corrected chi connectivity index (χ3v) is 2.87. The topological polar surface area (TPSA) is 52.6 Å². The fourth-order valence-corrected chi connectivity index (χ4v) is 2.00. The second-order valence-corrected chi connectivity index (χ2v) is 4.01. The molecule has 1 aliphatic rings. The first kappa shape index (κ1) is 14.0. The molecule has 0 aliphatic carbocycles. The number of aliphatic carboxylic acids is 1. The molecule has 1 fully saturated rings. The van der Waals surface area contributed by atoms with Crippen LogP contribution in [0, 0.1) is 0 Å². The molecule has 4 nitrogen and oxygen atoms in total. The molecule has 1 aromatic carbocycles. The molecule has 0 radical (unpaired) electrons. The van der Waals surface area contributed by atoms with E-state index in [1.165, 1.54) is 0 Å². The summed E-state index contributed by atoms with van der Waals surface area (Å²) >= 11 is 0. The first-order chi connectivity index (χ1) is 7.77. The van der Waals surface area contributed by atoms with E-state index in [-0.39, 0.29) is 12.4 Å². The van der Waals surface area contributed by atoms with Crippen LogP contribution in [0.1, 0.15) is 5.56 Å². The highest BCUT2D eigenvalue weighted by molar-refractivity contribution is 5.85. The molecular weight excluding hydrogens is 240 g/mol. The SMILES string of the molecule is Cl.O=C(O)C1CNCCN1Cc1ccccc1. The Bertz CT molecular complexity index is 359. The van der Waals surface area contributed by atoms with Crippen LogP contribution >= 0.6 is 12.4 Å². The van der Waals surface area contributed by atoms with Gasteiger partial charge in [0.05, 0.1) is 0 Å². The van der Waals surface area contributed by atoms with Gasteiger partial charge in [0.25, 0.3) is 0 Å². The van der Waals surface area contributed by atoms with Crippen molar-refractivity contribution in [1.82, 2.24) is 10.2 Å². The summed E-state index contributed by atoms with van der Waals surface area (Å²) in [5.74, 6) is -0.747. The zero-order valence-electron chi connectivity index (χ0n) is 9.50. The first-order valence-electron chi connectivity index (χ1n) is 5.49. The van der Waals surface area contributed by atoms with Crippen molar-refractivity contribution in [2.75, 3.05) is 19.6 Å². The summed E-state index contributed by atoms with van der Waals surface area (Å²) in [4.78, 5) is 13.1. The van der Waals surface area contributed by atoms with Crippen molar-refractivity contribution in [3.05, 3.63) is 35.9 Å². The van der Waals surface area contributed by atoms with Gasteiger partial charge in [-0.15, -0.1) is 12.4 Å². The molecule has 5 heteroatoms. The average molecular weight is 257 g/mol. The van der Waals surface area contributed by atoms with E-state index in [1.807, 2.05) is 35.2 Å². The molecule has 2 N–H and O–H groups in total. The number of piperazine rings is 1. The average Bonchev–Trinajstić information content (AvgIpc) is 2.31. The molecule has 17 heavy (non-hydrogen) atoms. The Morgan fingerprint density at radius 3 is 2.76 bits per heavy atom. The normalized spacial score (nSPS) is 20.6. The number of carboxylic acid groups (broad SMARTS) is 1. The molecule has 0 aromatic heterocycles. The molecule has 1 aromatic rings. The smallest absolute Gasteiger partial charge is 0.322 e. The predicted octanol–water partition coefficient (Wildman–Crippen LogP) is 0.967. The lowest BCUT2D eigenvalue weighted by molar-refractivity contribution is -0.144. The Morgan fingerprint density at radius 1 is 1.41 bits per heavy atom. The van der Waals surface area contributed by atoms with Crippen molar-refractivity contribution < 1.29 is 9.90 Å². The molecule has 1 saturated heterocycles. The molecule has 1 heterocycles. The van der Waals surface area contributed by atoms with Gasteiger partial charge in [-0.05, 0) is 5.56 Å². The summed E-state index contributed by atoms with van der Waals surface area (Å²) in [7, 11) is 0. The number of halogens is 1. The Labute approximate surface area is 107 Å². The van der Waals surface area contributed by atoms with Crippen LogP contribution < -0.4 is 5.32 Å². The summed E-state index contributed by atoms with van der Waals surface area (Å²) in [6.07, 6.45) is 0. The maximum absolute atomic E-state index is 11.1. The fraction of sp³-hybridized carbons (Fsp3) is 0.417. The molecule has 0 spiro atoms. The molecular formula is C12H17ClN2O2. The van der Waals surface area contributed by atoms with E-state index >= 15 is 0 Å². The molecule has 2 rings (SSSR count). The number of nitrogens with zero attached hydrogens (tertiary/aromatic N) is 1. The van der Waals surface area contributed by atoms with Gasteiger partial charge in [-0.3, -0.25) is 9.69 Å². The van der Waals surface area contributed by atoms with Gasteiger partial charge in [-0.2, -0.15) is 0 Å². The van der Waals surface area contributed by atoms with Gasteiger partial charge in [0.2, 0.25) is 0 Å². The predicted molar refractivity (Wildman–Crippen MR) is 68.4 cm³/mol. The summed E-state index contributed by atoms with van der Waals surface area (Å²) in [5.41, 5.74) is 1.16. The number of benzene rings is 1. The molecule has 1 atom stereocenters. The number of carboxylic acids is 1. The van der Waals surface area contributed by atoms with E-state index in [9.17, 15) is 4.79 Å². The highest BCUT2D eigenvalue weighted by Crippen LogP contribution is 2.10. The molecule has 0 amide bonds. The quantitative estimate of drug-likeness (QED) is 0.846. The second kappa shape index (κ2) is 6.59. The van der Waals surface area contributed by atoms with Crippen molar-refractivity contribution in [1.29, 1.82) is 0 Å². The van der Waals surface area contributed by atoms with Crippen molar-refractivity contribution in [2.24, 2.45) is 0 Å². The van der Waals surface area contributed by atoms with Crippen LogP contribution in [0.3, 0.4) is 0 Å². The van der Waals surface area contributed by atoms with Crippen LogP contribution in [0.25, 0.3) is 0 Å². The standard InChI is InChI=1S/C12H16N2O2.ClH/c15-12(16)11-8-13-6-7-14(11)9-10-4-2-1-3-5-10;/h1-5,11,13H,6-9H2,(H,15,16);1H. The largest absolute Gasteiger partial charge is 0.480 e. The Hall–Kier alpha value is -1.10. The third-order valence-electron chi connectivity index (χ3n) is 2.87. The van der Waals surface area contributed by atoms with Crippen molar-refractivity contribution >= 4 is 18.4 Å². The number of carbonyl (C=O) groups is 1. The lowest BCUT2D eigenvalue weighted by Gasteiger charge is -2.33. The maximum atomic E-state index is 11.1. The van der Waals surface area contributed by atoms with Crippen LogP contribution in [0.15, 0.2) is 30.3 Å². The summed E-state index contributed by atoms with van der Waals surface area (Å²) < 4.78 is 0. The summed E-state index contributed by atoms with van der Waals surface area (Å²) in [6, 6.07) is 9.58. The first-order valence-corrected chi connectivity index (χ1v) is 5.49. The van der Waals surface area contributed by atoms with E-state index in [4.69, 9.17) is 5.11 Å². The van der Waals surface area contributed by atoms with E-state index in [0.717, 1.165) is 18.7 Å². The van der Waals surface area contributed by atoms with Gasteiger partial charge < -0.3 is 10.4 Å². The monoisotopic (exact) mass is 256 g/mol. The van der Waals surface area contributed by atoms with Crippen molar-refractivity contribution in [3.8, 4) is 0 Å². The molecule has 94 valence electrons. The zero-order valence-corrected chi connectivity index (χ0v) is 10.3. The van der Waals surface area contributed by atoms with E-state index < -0.39 is 12.0 Å². The molecule has 0 saturated carbocycles. The van der Waals surface area contributed by atoms with Crippen molar-refractivity contribution in [2.45, 2.75) is 12.6 Å². The minimum absolute atomic E-state index is 0. The van der Waals surface area contributed by atoms with Gasteiger partial charge in [0.1, 0.15) is 6.04 Å². The Kier molecular flexibility index (Phi) is 5.41. The van der Waals surface area contributed by atoms with Crippen LogP contribution in [0.4, 0.5) is 0 Å². The maximum Gasteiger partial charge on any atom is 0.322 e. The number of nitrogens with one attached hydrogen (secondary N) is 1. The van der Waals surface area contributed by atoms with Crippen molar-refractivity contribution in [3.63, 3.8) is 0 Å². The molecule has 0 bridgehead atoms. The Balaban J connectivity index is 0.00000144. The van der Waals surface area contributed by atoms with E-state index in [2.05, 4.69) is 5.32 Å². The second-order valence-electron chi connectivity index (χ2n) is 4.01. The lowest BCUT2D eigenvalue weighted by atomic mass is 10.1. The highest BCUT2D eigenvalue weighted by atomic mass is 35.5. The van der Waals surface area contributed by atoms with Gasteiger partial charge in [-0.1, -0.05) is 30.3 Å². The van der Waals surface area contributed by atoms with Gasteiger partial charge in [0, 0.05) is 26.2 Å². The van der Waals surface area contributed by atoms with E-state index in [1.54, 1.807) is 0 Å². The minimum atomic E-state index is -0.747. The fourth-order valence-electron chi connectivity index (χ4n) is 2.00. The lowest BCUT2D eigenvalue weighted by Crippen LogP contribution is -2.54. The number of hydrogen-bond acceptors (Lipinski definition) is 3. The van der Waals surface area contributed by atoms with Gasteiger partial charge in [-0.25, -0.2) is 0 Å². The summed E-state index contributed by atoms with van der Waals surface area (Å²) in [6.45, 7) is 2.88. The van der Waals surface area contributed by atoms with Gasteiger partial charge in [0.15, 0.2) is 0 Å². The van der Waals surface area contributed by atoms with Gasteiger partial charge >= 0.3 is 5.97 Å². The Morgan fingerprint density at radius 2 is 2.12 bits per heavy atom. The van der Waals surface area contributed by atoms with Crippen LogP contribution in [0.5, 0.6) is 0 Å². The van der Waals surface area contributed by atoms with Crippen LogP contribution in [0.2, 0.25) is 0 Å². The van der Waals surface area contributed by atoms with Crippen LogP contribution in [-0.4, -0.2) is 41.7 Å².